The maximum Gasteiger partial charge on any atom is 0.160 e. The minimum Gasteiger partial charge on any atom is -0.381 e. The van der Waals surface area contributed by atoms with Crippen LogP contribution in [0.1, 0.15) is 12.8 Å². The van der Waals surface area contributed by atoms with E-state index in [2.05, 4.69) is 25.5 Å². The molecule has 0 amide bonds. The number of ether oxygens (including phenoxy) is 1. The summed E-state index contributed by atoms with van der Waals surface area (Å²) in [7, 11) is -3.07. The molecule has 120 valence electrons. The van der Waals surface area contributed by atoms with Crippen LogP contribution < -0.4 is 5.32 Å². The third kappa shape index (κ3) is 3.36. The molecule has 1 aliphatic heterocycles. The van der Waals surface area contributed by atoms with Gasteiger partial charge in [-0.1, -0.05) is 0 Å². The lowest BCUT2D eigenvalue weighted by Crippen LogP contribution is -2.41. The van der Waals surface area contributed by atoms with Crippen molar-refractivity contribution in [2.45, 2.75) is 12.8 Å². The fraction of sp³-hybridized carbons (Fsp3) is 0.615. The molecule has 8 nitrogen and oxygen atoms in total. The maximum atomic E-state index is 11.8. The Kier molecular flexibility index (Phi) is 4.00. The van der Waals surface area contributed by atoms with E-state index < -0.39 is 9.84 Å². The first-order valence-electron chi connectivity index (χ1n) is 7.11. The van der Waals surface area contributed by atoms with E-state index in [1.165, 1.54) is 12.6 Å². The van der Waals surface area contributed by atoms with Crippen molar-refractivity contribution in [1.29, 1.82) is 0 Å². The van der Waals surface area contributed by atoms with Crippen molar-refractivity contribution in [1.82, 2.24) is 20.2 Å². The highest BCUT2D eigenvalue weighted by Gasteiger charge is 2.36. The largest absolute Gasteiger partial charge is 0.381 e. The van der Waals surface area contributed by atoms with Gasteiger partial charge in [-0.3, -0.25) is 5.10 Å². The van der Waals surface area contributed by atoms with E-state index in [0.29, 0.717) is 44.1 Å². The minimum atomic E-state index is -3.07. The number of rotatable bonds is 5. The Balaban J connectivity index is 1.80. The van der Waals surface area contributed by atoms with Gasteiger partial charge in [0, 0.05) is 31.4 Å². The summed E-state index contributed by atoms with van der Waals surface area (Å²) in [4.78, 5) is 8.32. The summed E-state index contributed by atoms with van der Waals surface area (Å²) in [6.45, 7) is 1.70. The maximum absolute atomic E-state index is 11.8. The van der Waals surface area contributed by atoms with Crippen LogP contribution in [-0.2, 0) is 14.6 Å². The van der Waals surface area contributed by atoms with E-state index in [-0.39, 0.29) is 11.2 Å². The summed E-state index contributed by atoms with van der Waals surface area (Å²) in [5.41, 5.74) is 0.328. The molecule has 0 bridgehead atoms. The molecule has 2 aromatic rings. The summed E-state index contributed by atoms with van der Waals surface area (Å²) < 4.78 is 28.9. The van der Waals surface area contributed by atoms with Gasteiger partial charge < -0.3 is 10.1 Å². The van der Waals surface area contributed by atoms with Crippen molar-refractivity contribution in [3.8, 4) is 0 Å². The molecule has 3 heterocycles. The molecule has 0 spiro atoms. The predicted octanol–water partition coefficient (Wildman–Crippen LogP) is 0.606. The monoisotopic (exact) mass is 325 g/mol. The molecule has 3 rings (SSSR count). The zero-order valence-corrected chi connectivity index (χ0v) is 13.2. The smallest absolute Gasteiger partial charge is 0.160 e. The first-order chi connectivity index (χ1) is 10.5. The van der Waals surface area contributed by atoms with Crippen LogP contribution in [0.3, 0.4) is 0 Å². The van der Waals surface area contributed by atoms with Crippen molar-refractivity contribution in [2.75, 3.05) is 37.1 Å². The van der Waals surface area contributed by atoms with Crippen LogP contribution in [-0.4, -0.2) is 60.4 Å². The van der Waals surface area contributed by atoms with Crippen molar-refractivity contribution in [3.63, 3.8) is 0 Å². The highest BCUT2D eigenvalue weighted by molar-refractivity contribution is 7.90. The Morgan fingerprint density at radius 1 is 1.36 bits per heavy atom. The average Bonchev–Trinajstić information content (AvgIpc) is 2.93. The molecular weight excluding hydrogens is 306 g/mol. The lowest BCUT2D eigenvalue weighted by Gasteiger charge is -2.36. The van der Waals surface area contributed by atoms with Crippen LogP contribution in [0.15, 0.2) is 12.5 Å². The molecule has 1 aliphatic rings. The van der Waals surface area contributed by atoms with Gasteiger partial charge in [0.05, 0.1) is 17.3 Å². The van der Waals surface area contributed by atoms with Gasteiger partial charge in [-0.25, -0.2) is 18.4 Å². The van der Waals surface area contributed by atoms with Crippen LogP contribution in [0, 0.1) is 5.41 Å². The van der Waals surface area contributed by atoms with Crippen molar-refractivity contribution < 1.29 is 13.2 Å². The summed E-state index contributed by atoms with van der Waals surface area (Å²) in [5, 5.41) is 10.8. The second-order valence-corrected chi connectivity index (χ2v) is 8.03. The Labute approximate surface area is 128 Å². The molecule has 2 N–H and O–H groups in total. The number of anilines is 1. The zero-order chi connectivity index (χ0) is 15.6. The van der Waals surface area contributed by atoms with Crippen molar-refractivity contribution in [2.24, 2.45) is 5.41 Å². The first-order valence-corrected chi connectivity index (χ1v) is 9.17. The second-order valence-electron chi connectivity index (χ2n) is 5.89. The van der Waals surface area contributed by atoms with Crippen molar-refractivity contribution in [3.05, 3.63) is 12.5 Å². The molecule has 0 saturated carbocycles. The standard InChI is InChI=1S/C13H19N5O3S/c1-22(19,20)8-13(2-4-21-5-3-13)7-14-11-10-6-17-18-12(10)16-9-15-11/h6,9H,2-5,7-8H2,1H3,(H2,14,15,16,17,18). The van der Waals surface area contributed by atoms with Gasteiger partial charge in [-0.05, 0) is 12.8 Å². The van der Waals surface area contributed by atoms with E-state index in [1.54, 1.807) is 6.20 Å². The van der Waals surface area contributed by atoms with Gasteiger partial charge in [-0.2, -0.15) is 5.10 Å². The highest BCUT2D eigenvalue weighted by atomic mass is 32.2. The van der Waals surface area contributed by atoms with E-state index >= 15 is 0 Å². The van der Waals surface area contributed by atoms with Gasteiger partial charge in [0.25, 0.3) is 0 Å². The lowest BCUT2D eigenvalue weighted by atomic mass is 9.82. The Hall–Kier alpha value is -1.74. The number of nitrogens with one attached hydrogen (secondary N) is 2. The predicted molar refractivity (Wildman–Crippen MR) is 82.4 cm³/mol. The number of hydrogen-bond donors (Lipinski definition) is 2. The third-order valence-corrected chi connectivity index (χ3v) is 5.14. The van der Waals surface area contributed by atoms with Gasteiger partial charge in [0.15, 0.2) is 5.65 Å². The molecule has 0 unspecified atom stereocenters. The number of sulfone groups is 1. The van der Waals surface area contributed by atoms with E-state index in [0.717, 1.165) is 5.39 Å². The van der Waals surface area contributed by atoms with E-state index in [4.69, 9.17) is 4.74 Å². The molecule has 0 radical (unpaired) electrons. The zero-order valence-electron chi connectivity index (χ0n) is 12.4. The molecule has 0 atom stereocenters. The summed E-state index contributed by atoms with van der Waals surface area (Å²) in [6, 6.07) is 0. The second kappa shape index (κ2) is 5.81. The average molecular weight is 325 g/mol. The number of aromatic amines is 1. The fourth-order valence-corrected chi connectivity index (χ4v) is 4.41. The third-order valence-electron chi connectivity index (χ3n) is 4.00. The number of aromatic nitrogens is 4. The van der Waals surface area contributed by atoms with E-state index in [9.17, 15) is 8.42 Å². The number of hydrogen-bond acceptors (Lipinski definition) is 7. The van der Waals surface area contributed by atoms with Crippen molar-refractivity contribution >= 4 is 26.7 Å². The molecule has 0 aromatic carbocycles. The lowest BCUT2D eigenvalue weighted by molar-refractivity contribution is 0.0315. The molecule has 22 heavy (non-hydrogen) atoms. The van der Waals surface area contributed by atoms with Crippen LogP contribution >= 0.6 is 0 Å². The Morgan fingerprint density at radius 3 is 2.86 bits per heavy atom. The Morgan fingerprint density at radius 2 is 2.14 bits per heavy atom. The normalized spacial score (nSPS) is 18.4. The molecule has 2 aromatic heterocycles. The molecule has 1 saturated heterocycles. The van der Waals surface area contributed by atoms with Gasteiger partial charge >= 0.3 is 0 Å². The van der Waals surface area contributed by atoms with Crippen LogP contribution in [0.25, 0.3) is 11.0 Å². The molecular formula is C13H19N5O3S. The SMILES string of the molecule is CS(=O)(=O)CC1(CNc2ncnc3[nH]ncc23)CCOCC1. The highest BCUT2D eigenvalue weighted by Crippen LogP contribution is 2.32. The molecule has 9 heteroatoms. The van der Waals surface area contributed by atoms with E-state index in [1.807, 2.05) is 0 Å². The molecule has 1 fully saturated rings. The quantitative estimate of drug-likeness (QED) is 0.828. The number of fused-ring (bicyclic) bond motifs is 1. The first kappa shape index (κ1) is 15.2. The summed E-state index contributed by atoms with van der Waals surface area (Å²) in [6.07, 6.45) is 5.82. The van der Waals surface area contributed by atoms with Crippen LogP contribution in [0.2, 0.25) is 0 Å². The summed E-state index contributed by atoms with van der Waals surface area (Å²) in [5.74, 6) is 0.814. The van der Waals surface area contributed by atoms with Gasteiger partial charge in [-0.15, -0.1) is 0 Å². The van der Waals surface area contributed by atoms with Gasteiger partial charge in [0.2, 0.25) is 0 Å². The van der Waals surface area contributed by atoms with Crippen LogP contribution in [0.5, 0.6) is 0 Å². The fourth-order valence-electron chi connectivity index (χ4n) is 2.91. The Bertz CT molecular complexity index is 752. The summed E-state index contributed by atoms with van der Waals surface area (Å²) >= 11 is 0. The number of H-pyrrole nitrogens is 1. The number of nitrogens with zero attached hydrogens (tertiary/aromatic N) is 3. The van der Waals surface area contributed by atoms with Gasteiger partial charge in [0.1, 0.15) is 22.0 Å². The molecule has 0 aliphatic carbocycles. The minimum absolute atomic E-state index is 0.149. The topological polar surface area (TPSA) is 110 Å². The van der Waals surface area contributed by atoms with Crippen LogP contribution in [0.4, 0.5) is 5.82 Å².